The molecule has 2 N–H and O–H groups in total. The van der Waals surface area contributed by atoms with E-state index in [0.717, 1.165) is 6.26 Å². The normalized spacial score (nSPS) is 12.6. The lowest BCUT2D eigenvalue weighted by Gasteiger charge is -2.09. The van der Waals surface area contributed by atoms with Crippen LogP contribution in [0.2, 0.25) is 0 Å². The summed E-state index contributed by atoms with van der Waals surface area (Å²) in [5.41, 5.74) is 0.923. The number of nitrogens with zero attached hydrogens (tertiary/aromatic N) is 2. The highest BCUT2D eigenvalue weighted by Crippen LogP contribution is 2.30. The van der Waals surface area contributed by atoms with Gasteiger partial charge in [0.25, 0.3) is 0 Å². The molecule has 1 atom stereocenters. The summed E-state index contributed by atoms with van der Waals surface area (Å²) in [4.78, 5) is 12.5. The summed E-state index contributed by atoms with van der Waals surface area (Å²) in [5.74, 6) is -0.0648. The van der Waals surface area contributed by atoms with E-state index < -0.39 is 10.0 Å². The maximum absolute atomic E-state index is 12.5. The van der Waals surface area contributed by atoms with Crippen molar-refractivity contribution in [3.8, 4) is 0 Å². The Balaban J connectivity index is 1.94. The van der Waals surface area contributed by atoms with Crippen molar-refractivity contribution in [2.45, 2.75) is 16.5 Å². The van der Waals surface area contributed by atoms with Crippen LogP contribution in [0.1, 0.15) is 17.3 Å². The van der Waals surface area contributed by atoms with Crippen molar-refractivity contribution in [3.05, 3.63) is 29.8 Å². The van der Waals surface area contributed by atoms with Crippen LogP contribution in [0.25, 0.3) is 0 Å². The SMILES string of the molecule is COCCNc1nnc(SC(C)C(=O)c2ccc(NS(C)(=O)=O)cc2)s1. The topological polar surface area (TPSA) is 110 Å². The molecular formula is C15H20N4O4S3. The minimum atomic E-state index is -3.34. The van der Waals surface area contributed by atoms with Gasteiger partial charge in [-0.25, -0.2) is 8.42 Å². The first kappa shape index (κ1) is 20.6. The van der Waals surface area contributed by atoms with Gasteiger partial charge < -0.3 is 10.1 Å². The molecule has 0 aliphatic carbocycles. The van der Waals surface area contributed by atoms with Gasteiger partial charge in [-0.15, -0.1) is 10.2 Å². The molecule has 0 bridgehead atoms. The number of rotatable bonds is 10. The second kappa shape index (κ2) is 9.31. The third-order valence-corrected chi connectivity index (χ3v) is 5.78. The average Bonchev–Trinajstić information content (AvgIpc) is 3.01. The zero-order valence-corrected chi connectivity index (χ0v) is 17.0. The Morgan fingerprint density at radius 3 is 2.62 bits per heavy atom. The fraction of sp³-hybridized carbons (Fsp3) is 0.400. The third-order valence-electron chi connectivity index (χ3n) is 3.11. The minimum absolute atomic E-state index is 0.0648. The second-order valence-electron chi connectivity index (χ2n) is 5.37. The zero-order valence-electron chi connectivity index (χ0n) is 14.6. The van der Waals surface area contributed by atoms with E-state index in [-0.39, 0.29) is 11.0 Å². The molecule has 8 nitrogen and oxygen atoms in total. The van der Waals surface area contributed by atoms with Gasteiger partial charge in [0, 0.05) is 24.9 Å². The first-order valence-corrected chi connectivity index (χ1v) is 11.2. The number of sulfonamides is 1. The van der Waals surface area contributed by atoms with Crippen LogP contribution in [-0.4, -0.2) is 56.2 Å². The van der Waals surface area contributed by atoms with Crippen molar-refractivity contribution in [1.29, 1.82) is 0 Å². The number of ether oxygens (including phenoxy) is 1. The van der Waals surface area contributed by atoms with E-state index in [1.807, 2.05) is 0 Å². The summed E-state index contributed by atoms with van der Waals surface area (Å²) in [6, 6.07) is 6.33. The number of carbonyl (C=O) groups is 1. The zero-order chi connectivity index (χ0) is 19.2. The van der Waals surface area contributed by atoms with Gasteiger partial charge >= 0.3 is 0 Å². The van der Waals surface area contributed by atoms with Crippen molar-refractivity contribution in [2.75, 3.05) is 36.6 Å². The van der Waals surface area contributed by atoms with Gasteiger partial charge in [0.2, 0.25) is 15.2 Å². The van der Waals surface area contributed by atoms with Crippen LogP contribution < -0.4 is 10.0 Å². The molecule has 0 aliphatic rings. The number of aromatic nitrogens is 2. The standard InChI is InChI=1S/C15H20N4O4S3/c1-10(24-15-18-17-14(25-15)16-8-9-23-2)13(20)11-4-6-12(7-5-11)19-26(3,21)22/h4-7,10,19H,8-9H2,1-3H3,(H,16,17). The maximum Gasteiger partial charge on any atom is 0.229 e. The van der Waals surface area contributed by atoms with Crippen molar-refractivity contribution >= 4 is 49.7 Å². The smallest absolute Gasteiger partial charge is 0.229 e. The Bertz CT molecular complexity index is 837. The number of Topliss-reactive ketones (excluding diaryl/α,β-unsaturated/α-hetero) is 1. The van der Waals surface area contributed by atoms with Crippen LogP contribution in [0.5, 0.6) is 0 Å². The molecule has 11 heteroatoms. The van der Waals surface area contributed by atoms with E-state index in [2.05, 4.69) is 20.2 Å². The first-order valence-electron chi connectivity index (χ1n) is 7.63. The van der Waals surface area contributed by atoms with Gasteiger partial charge in [-0.05, 0) is 31.2 Å². The van der Waals surface area contributed by atoms with Crippen LogP contribution in [-0.2, 0) is 14.8 Å². The molecular weight excluding hydrogens is 396 g/mol. The van der Waals surface area contributed by atoms with Gasteiger partial charge in [-0.3, -0.25) is 9.52 Å². The molecule has 0 aliphatic heterocycles. The molecule has 0 radical (unpaired) electrons. The molecule has 0 saturated carbocycles. The number of ketones is 1. The number of carbonyl (C=O) groups excluding carboxylic acids is 1. The van der Waals surface area contributed by atoms with Crippen molar-refractivity contribution < 1.29 is 17.9 Å². The monoisotopic (exact) mass is 416 g/mol. The maximum atomic E-state index is 12.5. The molecule has 0 saturated heterocycles. The molecule has 1 aromatic carbocycles. The number of thioether (sulfide) groups is 1. The molecule has 1 heterocycles. The summed E-state index contributed by atoms with van der Waals surface area (Å²) < 4.78 is 30.4. The van der Waals surface area contributed by atoms with E-state index in [0.29, 0.717) is 33.9 Å². The largest absolute Gasteiger partial charge is 0.383 e. The summed E-state index contributed by atoms with van der Waals surface area (Å²) in [6.07, 6.45) is 1.07. The predicted molar refractivity (Wildman–Crippen MR) is 105 cm³/mol. The highest BCUT2D eigenvalue weighted by molar-refractivity contribution is 8.02. The Morgan fingerprint density at radius 1 is 1.31 bits per heavy atom. The van der Waals surface area contributed by atoms with Crippen molar-refractivity contribution in [1.82, 2.24) is 10.2 Å². The van der Waals surface area contributed by atoms with Crippen LogP contribution >= 0.6 is 23.1 Å². The van der Waals surface area contributed by atoms with Gasteiger partial charge in [0.15, 0.2) is 10.1 Å². The van der Waals surface area contributed by atoms with Crippen molar-refractivity contribution in [2.24, 2.45) is 0 Å². The first-order chi connectivity index (χ1) is 12.3. The van der Waals surface area contributed by atoms with E-state index in [1.54, 1.807) is 38.3 Å². The van der Waals surface area contributed by atoms with Crippen molar-refractivity contribution in [3.63, 3.8) is 0 Å². The van der Waals surface area contributed by atoms with E-state index >= 15 is 0 Å². The van der Waals surface area contributed by atoms with E-state index in [4.69, 9.17) is 4.74 Å². The van der Waals surface area contributed by atoms with Crippen LogP contribution in [0, 0.1) is 0 Å². The summed E-state index contributed by atoms with van der Waals surface area (Å²) in [6.45, 7) is 3.01. The molecule has 2 rings (SSSR count). The number of benzene rings is 1. The second-order valence-corrected chi connectivity index (χ2v) is 9.68. The lowest BCUT2D eigenvalue weighted by atomic mass is 10.1. The molecule has 1 unspecified atom stereocenters. The molecule has 0 spiro atoms. The molecule has 1 aromatic heterocycles. The minimum Gasteiger partial charge on any atom is -0.383 e. The molecule has 142 valence electrons. The third kappa shape index (κ3) is 6.56. The summed E-state index contributed by atoms with van der Waals surface area (Å²) >= 11 is 2.71. The Labute approximate surface area is 160 Å². The number of hydrogen-bond acceptors (Lipinski definition) is 9. The molecule has 2 aromatic rings. The van der Waals surface area contributed by atoms with E-state index in [9.17, 15) is 13.2 Å². The van der Waals surface area contributed by atoms with Crippen LogP contribution in [0.3, 0.4) is 0 Å². The van der Waals surface area contributed by atoms with E-state index in [1.165, 1.54) is 23.1 Å². The highest BCUT2D eigenvalue weighted by Gasteiger charge is 2.19. The number of hydrogen-bond donors (Lipinski definition) is 2. The highest BCUT2D eigenvalue weighted by atomic mass is 32.2. The fourth-order valence-electron chi connectivity index (χ4n) is 1.94. The number of anilines is 2. The lowest BCUT2D eigenvalue weighted by molar-refractivity contribution is 0.0994. The average molecular weight is 417 g/mol. The number of methoxy groups -OCH3 is 1. The molecule has 0 fully saturated rings. The van der Waals surface area contributed by atoms with Gasteiger partial charge in [-0.2, -0.15) is 0 Å². The quantitative estimate of drug-likeness (QED) is 0.345. The van der Waals surface area contributed by atoms with Gasteiger partial charge in [-0.1, -0.05) is 23.1 Å². The lowest BCUT2D eigenvalue weighted by Crippen LogP contribution is -2.14. The number of nitrogens with one attached hydrogen (secondary N) is 2. The predicted octanol–water partition coefficient (Wildman–Crippen LogP) is 2.33. The van der Waals surface area contributed by atoms with Crippen LogP contribution in [0.15, 0.2) is 28.6 Å². The van der Waals surface area contributed by atoms with Gasteiger partial charge in [0.05, 0.1) is 18.1 Å². The fourth-order valence-corrected chi connectivity index (χ4v) is 4.51. The Kier molecular flexibility index (Phi) is 7.38. The summed E-state index contributed by atoms with van der Waals surface area (Å²) in [7, 11) is -1.72. The molecule has 26 heavy (non-hydrogen) atoms. The Hall–Kier alpha value is -1.69. The summed E-state index contributed by atoms with van der Waals surface area (Å²) in [5, 5.41) is 11.5. The Morgan fingerprint density at radius 2 is 2.00 bits per heavy atom. The van der Waals surface area contributed by atoms with Gasteiger partial charge in [0.1, 0.15) is 0 Å². The van der Waals surface area contributed by atoms with Crippen LogP contribution in [0.4, 0.5) is 10.8 Å². The molecule has 0 amide bonds.